The first-order valence-electron chi connectivity index (χ1n) is 4.93. The maximum atomic E-state index is 11.0. The number of carboxylic acid groups (broad SMARTS) is 1. The van der Waals surface area contributed by atoms with Crippen molar-refractivity contribution in [3.8, 4) is 0 Å². The van der Waals surface area contributed by atoms with E-state index in [1.54, 1.807) is 18.2 Å². The van der Waals surface area contributed by atoms with Crippen LogP contribution in [0.1, 0.15) is 16.1 Å². The Bertz CT molecular complexity index is 523. The molecule has 4 N–H and O–H groups in total. The third-order valence-electron chi connectivity index (χ3n) is 2.23. The van der Waals surface area contributed by atoms with Crippen LogP contribution in [0.2, 0.25) is 0 Å². The predicted octanol–water partition coefficient (Wildman–Crippen LogP) is 1.57. The molecule has 0 bridgehead atoms. The van der Waals surface area contributed by atoms with E-state index in [1.807, 2.05) is 0 Å². The van der Waals surface area contributed by atoms with Gasteiger partial charge in [-0.3, -0.25) is 0 Å². The summed E-state index contributed by atoms with van der Waals surface area (Å²) in [5, 5.41) is 15.7. The smallest absolute Gasteiger partial charge is 0.337 e. The average Bonchev–Trinajstić information content (AvgIpc) is 2.78. The van der Waals surface area contributed by atoms with Gasteiger partial charge in [-0.05, 0) is 18.2 Å². The van der Waals surface area contributed by atoms with Crippen molar-refractivity contribution in [2.24, 2.45) is 0 Å². The molecule has 1 heterocycles. The Morgan fingerprint density at radius 2 is 2.29 bits per heavy atom. The van der Waals surface area contributed by atoms with E-state index >= 15 is 0 Å². The summed E-state index contributed by atoms with van der Waals surface area (Å²) in [5.41, 5.74) is 7.42. The average molecular weight is 233 g/mol. The van der Waals surface area contributed by atoms with Crippen LogP contribution in [-0.2, 0) is 6.54 Å². The van der Waals surface area contributed by atoms with Gasteiger partial charge in [0, 0.05) is 11.8 Å². The minimum Gasteiger partial charge on any atom is -0.478 e. The molecule has 0 saturated heterocycles. The number of anilines is 2. The highest BCUT2D eigenvalue weighted by molar-refractivity contribution is 5.95. The Morgan fingerprint density at radius 1 is 1.47 bits per heavy atom. The summed E-state index contributed by atoms with van der Waals surface area (Å²) < 4.78 is 4.67. The van der Waals surface area contributed by atoms with E-state index in [-0.39, 0.29) is 5.56 Å². The summed E-state index contributed by atoms with van der Waals surface area (Å²) in [5.74, 6) is -1.01. The SMILES string of the molecule is Nc1ccc(C(=O)O)c(NCc2ccon2)c1. The van der Waals surface area contributed by atoms with Crippen molar-refractivity contribution in [1.82, 2.24) is 5.16 Å². The number of rotatable bonds is 4. The number of nitrogens with one attached hydrogen (secondary N) is 1. The van der Waals surface area contributed by atoms with Crippen molar-refractivity contribution in [3.05, 3.63) is 41.8 Å². The third-order valence-corrected chi connectivity index (χ3v) is 2.23. The number of carboxylic acids is 1. The van der Waals surface area contributed by atoms with Gasteiger partial charge >= 0.3 is 5.97 Å². The number of nitrogen functional groups attached to an aromatic ring is 1. The van der Waals surface area contributed by atoms with Crippen molar-refractivity contribution in [1.29, 1.82) is 0 Å². The number of hydrogen-bond acceptors (Lipinski definition) is 5. The van der Waals surface area contributed by atoms with Gasteiger partial charge in [-0.1, -0.05) is 5.16 Å². The fourth-order valence-corrected chi connectivity index (χ4v) is 1.41. The van der Waals surface area contributed by atoms with E-state index in [2.05, 4.69) is 15.0 Å². The lowest BCUT2D eigenvalue weighted by molar-refractivity contribution is 0.0698. The molecule has 0 saturated carbocycles. The third kappa shape index (κ3) is 2.54. The largest absolute Gasteiger partial charge is 0.478 e. The van der Waals surface area contributed by atoms with E-state index < -0.39 is 5.97 Å². The van der Waals surface area contributed by atoms with Gasteiger partial charge in [0.2, 0.25) is 0 Å². The Hall–Kier alpha value is -2.50. The van der Waals surface area contributed by atoms with E-state index in [9.17, 15) is 4.79 Å². The normalized spacial score (nSPS) is 10.1. The predicted molar refractivity (Wildman–Crippen MR) is 61.6 cm³/mol. The number of aromatic nitrogens is 1. The highest BCUT2D eigenvalue weighted by Gasteiger charge is 2.10. The summed E-state index contributed by atoms with van der Waals surface area (Å²) in [6.07, 6.45) is 1.45. The van der Waals surface area contributed by atoms with E-state index in [4.69, 9.17) is 10.8 Å². The number of nitrogens with two attached hydrogens (primary N) is 1. The van der Waals surface area contributed by atoms with Gasteiger partial charge in [0.05, 0.1) is 17.8 Å². The van der Waals surface area contributed by atoms with Gasteiger partial charge in [0.25, 0.3) is 0 Å². The molecule has 88 valence electrons. The van der Waals surface area contributed by atoms with Gasteiger partial charge in [-0.15, -0.1) is 0 Å². The Balaban J connectivity index is 2.19. The number of hydrogen-bond donors (Lipinski definition) is 3. The molecule has 0 amide bonds. The molecular weight excluding hydrogens is 222 g/mol. The summed E-state index contributed by atoms with van der Waals surface area (Å²) >= 11 is 0. The maximum absolute atomic E-state index is 11.0. The Labute approximate surface area is 97.0 Å². The van der Waals surface area contributed by atoms with Crippen molar-refractivity contribution in [3.63, 3.8) is 0 Å². The zero-order chi connectivity index (χ0) is 12.3. The van der Waals surface area contributed by atoms with Crippen LogP contribution in [0.5, 0.6) is 0 Å². The van der Waals surface area contributed by atoms with Crippen LogP contribution in [-0.4, -0.2) is 16.2 Å². The molecule has 0 radical (unpaired) electrons. The lowest BCUT2D eigenvalue weighted by Crippen LogP contribution is -2.07. The Morgan fingerprint density at radius 3 is 2.94 bits per heavy atom. The van der Waals surface area contributed by atoms with Crippen LogP contribution in [0.4, 0.5) is 11.4 Å². The van der Waals surface area contributed by atoms with Crippen molar-refractivity contribution >= 4 is 17.3 Å². The first kappa shape index (κ1) is 11.0. The molecule has 17 heavy (non-hydrogen) atoms. The van der Waals surface area contributed by atoms with Gasteiger partial charge in [0.1, 0.15) is 12.0 Å². The van der Waals surface area contributed by atoms with E-state index in [0.717, 1.165) is 0 Å². The number of carbonyl (C=O) groups is 1. The number of benzene rings is 1. The standard InChI is InChI=1S/C11H11N3O3/c12-7-1-2-9(11(15)16)10(5-7)13-6-8-3-4-17-14-8/h1-5,13H,6,12H2,(H,15,16). The second-order valence-electron chi connectivity index (χ2n) is 3.45. The molecule has 6 heteroatoms. The minimum atomic E-state index is -1.01. The molecule has 2 aromatic rings. The molecule has 0 aliphatic carbocycles. The molecule has 0 aliphatic rings. The van der Waals surface area contributed by atoms with Gasteiger partial charge in [-0.2, -0.15) is 0 Å². The molecular formula is C11H11N3O3. The highest BCUT2D eigenvalue weighted by Crippen LogP contribution is 2.19. The molecule has 0 atom stereocenters. The minimum absolute atomic E-state index is 0.169. The molecule has 1 aromatic carbocycles. The van der Waals surface area contributed by atoms with Gasteiger partial charge < -0.3 is 20.7 Å². The zero-order valence-electron chi connectivity index (χ0n) is 8.88. The lowest BCUT2D eigenvalue weighted by atomic mass is 10.1. The summed E-state index contributed by atoms with van der Waals surface area (Å²) in [6, 6.07) is 6.27. The quantitative estimate of drug-likeness (QED) is 0.693. The zero-order valence-corrected chi connectivity index (χ0v) is 8.88. The molecule has 0 spiro atoms. The topological polar surface area (TPSA) is 101 Å². The van der Waals surface area contributed by atoms with Crippen molar-refractivity contribution in [2.45, 2.75) is 6.54 Å². The monoisotopic (exact) mass is 233 g/mol. The second kappa shape index (κ2) is 4.56. The number of aromatic carboxylic acids is 1. The van der Waals surface area contributed by atoms with Crippen molar-refractivity contribution in [2.75, 3.05) is 11.1 Å². The van der Waals surface area contributed by atoms with E-state index in [1.165, 1.54) is 12.3 Å². The summed E-state index contributed by atoms with van der Waals surface area (Å²) in [4.78, 5) is 11.0. The Kier molecular flexibility index (Phi) is 2.95. The fraction of sp³-hybridized carbons (Fsp3) is 0.0909. The van der Waals surface area contributed by atoms with Gasteiger partial charge in [-0.25, -0.2) is 4.79 Å². The number of nitrogens with zero attached hydrogens (tertiary/aromatic N) is 1. The highest BCUT2D eigenvalue weighted by atomic mass is 16.5. The summed E-state index contributed by atoms with van der Waals surface area (Å²) in [7, 11) is 0. The molecule has 0 fully saturated rings. The molecule has 1 aromatic heterocycles. The lowest BCUT2D eigenvalue weighted by Gasteiger charge is -2.08. The molecule has 0 aliphatic heterocycles. The van der Waals surface area contributed by atoms with Crippen LogP contribution in [0.3, 0.4) is 0 Å². The van der Waals surface area contributed by atoms with Crippen LogP contribution in [0.15, 0.2) is 35.1 Å². The van der Waals surface area contributed by atoms with Crippen LogP contribution in [0, 0.1) is 0 Å². The molecule has 0 unspecified atom stereocenters. The van der Waals surface area contributed by atoms with E-state index in [0.29, 0.717) is 23.6 Å². The first-order valence-corrected chi connectivity index (χ1v) is 4.93. The van der Waals surface area contributed by atoms with Crippen LogP contribution < -0.4 is 11.1 Å². The van der Waals surface area contributed by atoms with Crippen LogP contribution in [0.25, 0.3) is 0 Å². The second-order valence-corrected chi connectivity index (χ2v) is 3.45. The molecule has 6 nitrogen and oxygen atoms in total. The first-order chi connectivity index (χ1) is 8.16. The van der Waals surface area contributed by atoms with Crippen LogP contribution >= 0.6 is 0 Å². The molecule has 2 rings (SSSR count). The summed E-state index contributed by atoms with van der Waals surface area (Å²) in [6.45, 7) is 0.375. The fourth-order valence-electron chi connectivity index (χ4n) is 1.41. The van der Waals surface area contributed by atoms with Gasteiger partial charge in [0.15, 0.2) is 0 Å². The maximum Gasteiger partial charge on any atom is 0.337 e. The van der Waals surface area contributed by atoms with Crippen molar-refractivity contribution < 1.29 is 14.4 Å².